The summed E-state index contributed by atoms with van der Waals surface area (Å²) < 4.78 is 0. The summed E-state index contributed by atoms with van der Waals surface area (Å²) in [6.07, 6.45) is 0.825. The number of hydrogen-bond acceptors (Lipinski definition) is 3. The molecule has 5 heteroatoms. The second-order valence-electron chi connectivity index (χ2n) is 4.53. The van der Waals surface area contributed by atoms with Crippen molar-refractivity contribution >= 4 is 17.5 Å². The Hall–Kier alpha value is -1.88. The van der Waals surface area contributed by atoms with Crippen molar-refractivity contribution < 1.29 is 9.59 Å². The highest BCUT2D eigenvalue weighted by atomic mass is 16.2. The molecule has 2 amide bonds. The zero-order valence-electron chi connectivity index (χ0n) is 11.6. The molecule has 0 heterocycles. The van der Waals surface area contributed by atoms with E-state index in [1.807, 2.05) is 13.8 Å². The number of amides is 2. The predicted octanol–water partition coefficient (Wildman–Crippen LogP) is 1.36. The SMILES string of the molecule is CCC(C)[C@H](N)C(=O)Nc1ccccc1C(=O)NC. The third-order valence-corrected chi connectivity index (χ3v) is 3.22. The van der Waals surface area contributed by atoms with Gasteiger partial charge in [-0.15, -0.1) is 0 Å². The smallest absolute Gasteiger partial charge is 0.253 e. The van der Waals surface area contributed by atoms with Crippen molar-refractivity contribution in [2.24, 2.45) is 11.7 Å². The molecule has 0 saturated carbocycles. The minimum Gasteiger partial charge on any atom is -0.355 e. The lowest BCUT2D eigenvalue weighted by Gasteiger charge is -2.18. The van der Waals surface area contributed by atoms with E-state index >= 15 is 0 Å². The Labute approximate surface area is 113 Å². The van der Waals surface area contributed by atoms with Gasteiger partial charge in [-0.3, -0.25) is 9.59 Å². The van der Waals surface area contributed by atoms with Gasteiger partial charge >= 0.3 is 0 Å². The molecule has 4 N–H and O–H groups in total. The maximum absolute atomic E-state index is 12.0. The van der Waals surface area contributed by atoms with Gasteiger partial charge in [-0.25, -0.2) is 0 Å². The average molecular weight is 263 g/mol. The van der Waals surface area contributed by atoms with Crippen LogP contribution >= 0.6 is 0 Å². The zero-order chi connectivity index (χ0) is 14.4. The van der Waals surface area contributed by atoms with E-state index in [-0.39, 0.29) is 17.7 Å². The minimum absolute atomic E-state index is 0.0900. The van der Waals surface area contributed by atoms with Crippen molar-refractivity contribution in [2.45, 2.75) is 26.3 Å². The zero-order valence-corrected chi connectivity index (χ0v) is 11.6. The number of rotatable bonds is 5. The van der Waals surface area contributed by atoms with Gasteiger partial charge in [0.1, 0.15) is 0 Å². The van der Waals surface area contributed by atoms with E-state index in [2.05, 4.69) is 10.6 Å². The largest absolute Gasteiger partial charge is 0.355 e. The number of anilines is 1. The van der Waals surface area contributed by atoms with Crippen LogP contribution in [0.25, 0.3) is 0 Å². The Balaban J connectivity index is 2.88. The van der Waals surface area contributed by atoms with Crippen LogP contribution in [0.4, 0.5) is 5.69 Å². The summed E-state index contributed by atoms with van der Waals surface area (Å²) >= 11 is 0. The van der Waals surface area contributed by atoms with Gasteiger partial charge in [0.05, 0.1) is 17.3 Å². The first kappa shape index (κ1) is 15.2. The van der Waals surface area contributed by atoms with Gasteiger partial charge in [-0.1, -0.05) is 32.4 Å². The van der Waals surface area contributed by atoms with Crippen molar-refractivity contribution in [3.8, 4) is 0 Å². The van der Waals surface area contributed by atoms with Crippen LogP contribution < -0.4 is 16.4 Å². The number of carbonyl (C=O) groups excluding carboxylic acids is 2. The maximum Gasteiger partial charge on any atom is 0.253 e. The van der Waals surface area contributed by atoms with Gasteiger partial charge in [-0.2, -0.15) is 0 Å². The Morgan fingerprint density at radius 1 is 1.32 bits per heavy atom. The standard InChI is InChI=1S/C14H21N3O2/c1-4-9(2)12(15)14(19)17-11-8-6-5-7-10(11)13(18)16-3/h5-9,12H,4,15H2,1-3H3,(H,16,18)(H,17,19)/t9?,12-/m0/s1. The molecule has 0 aliphatic carbocycles. The summed E-state index contributed by atoms with van der Waals surface area (Å²) in [7, 11) is 1.55. The number of carbonyl (C=O) groups is 2. The van der Waals surface area contributed by atoms with Crippen LogP contribution in [-0.4, -0.2) is 24.9 Å². The molecule has 0 spiro atoms. The highest BCUT2D eigenvalue weighted by Crippen LogP contribution is 2.16. The fourth-order valence-corrected chi connectivity index (χ4v) is 1.65. The monoisotopic (exact) mass is 263 g/mol. The third-order valence-electron chi connectivity index (χ3n) is 3.22. The Morgan fingerprint density at radius 2 is 1.95 bits per heavy atom. The topological polar surface area (TPSA) is 84.2 Å². The van der Waals surface area contributed by atoms with Crippen molar-refractivity contribution in [1.82, 2.24) is 5.32 Å². The molecule has 1 rings (SSSR count). The first-order valence-electron chi connectivity index (χ1n) is 6.38. The van der Waals surface area contributed by atoms with Gasteiger partial charge in [-0.05, 0) is 18.1 Å². The molecule has 0 aliphatic rings. The second kappa shape index (κ2) is 6.89. The van der Waals surface area contributed by atoms with Crippen molar-refractivity contribution in [3.05, 3.63) is 29.8 Å². The van der Waals surface area contributed by atoms with Gasteiger partial charge in [0, 0.05) is 7.05 Å². The molecule has 0 fully saturated rings. The molecule has 5 nitrogen and oxygen atoms in total. The van der Waals surface area contributed by atoms with Crippen LogP contribution in [-0.2, 0) is 4.79 Å². The number of benzene rings is 1. The summed E-state index contributed by atoms with van der Waals surface area (Å²) in [5, 5.41) is 5.25. The fourth-order valence-electron chi connectivity index (χ4n) is 1.65. The summed E-state index contributed by atoms with van der Waals surface area (Å²) in [5.41, 5.74) is 6.77. The Kier molecular flexibility index (Phi) is 5.51. The van der Waals surface area contributed by atoms with Crippen LogP contribution in [0.2, 0.25) is 0 Å². The molecular weight excluding hydrogens is 242 g/mol. The lowest BCUT2D eigenvalue weighted by atomic mass is 9.99. The molecule has 0 aromatic heterocycles. The quantitative estimate of drug-likeness (QED) is 0.750. The molecule has 0 aliphatic heterocycles. The molecule has 0 saturated heterocycles. The second-order valence-corrected chi connectivity index (χ2v) is 4.53. The Bertz CT molecular complexity index is 460. The highest BCUT2D eigenvalue weighted by molar-refractivity contribution is 6.04. The van der Waals surface area contributed by atoms with Gasteiger partial charge in [0.2, 0.25) is 5.91 Å². The number of para-hydroxylation sites is 1. The lowest BCUT2D eigenvalue weighted by molar-refractivity contribution is -0.118. The normalized spacial score (nSPS) is 13.5. The Morgan fingerprint density at radius 3 is 2.53 bits per heavy atom. The van der Waals surface area contributed by atoms with Crippen LogP contribution in [0, 0.1) is 5.92 Å². The van der Waals surface area contributed by atoms with Crippen LogP contribution in [0.3, 0.4) is 0 Å². The molecule has 1 unspecified atom stereocenters. The lowest BCUT2D eigenvalue weighted by Crippen LogP contribution is -2.41. The summed E-state index contributed by atoms with van der Waals surface area (Å²) in [6, 6.07) is 6.27. The summed E-state index contributed by atoms with van der Waals surface area (Å²) in [4.78, 5) is 23.7. The fraction of sp³-hybridized carbons (Fsp3) is 0.429. The van der Waals surface area contributed by atoms with E-state index in [1.165, 1.54) is 0 Å². The van der Waals surface area contributed by atoms with Gasteiger partial charge in [0.15, 0.2) is 0 Å². The molecule has 1 aromatic carbocycles. The van der Waals surface area contributed by atoms with E-state index in [4.69, 9.17) is 5.73 Å². The van der Waals surface area contributed by atoms with E-state index in [0.717, 1.165) is 6.42 Å². The van der Waals surface area contributed by atoms with Crippen LogP contribution in [0.15, 0.2) is 24.3 Å². The van der Waals surface area contributed by atoms with Gasteiger partial charge in [0.25, 0.3) is 5.91 Å². The van der Waals surface area contributed by atoms with Crippen LogP contribution in [0.5, 0.6) is 0 Å². The molecule has 0 bridgehead atoms. The molecule has 104 valence electrons. The highest BCUT2D eigenvalue weighted by Gasteiger charge is 2.21. The summed E-state index contributed by atoms with van der Waals surface area (Å²) in [5.74, 6) is -0.425. The average Bonchev–Trinajstić information content (AvgIpc) is 2.45. The third kappa shape index (κ3) is 3.79. The van der Waals surface area contributed by atoms with Crippen LogP contribution in [0.1, 0.15) is 30.6 Å². The molecule has 1 aromatic rings. The minimum atomic E-state index is -0.581. The van der Waals surface area contributed by atoms with E-state index in [9.17, 15) is 9.59 Å². The number of nitrogens with two attached hydrogens (primary N) is 1. The van der Waals surface area contributed by atoms with Gasteiger partial charge < -0.3 is 16.4 Å². The first-order valence-corrected chi connectivity index (χ1v) is 6.38. The molecule has 19 heavy (non-hydrogen) atoms. The summed E-state index contributed by atoms with van der Waals surface area (Å²) in [6.45, 7) is 3.91. The van der Waals surface area contributed by atoms with Crippen molar-refractivity contribution in [2.75, 3.05) is 12.4 Å². The van der Waals surface area contributed by atoms with E-state index in [0.29, 0.717) is 11.3 Å². The number of hydrogen-bond donors (Lipinski definition) is 3. The molecular formula is C14H21N3O2. The maximum atomic E-state index is 12.0. The van der Waals surface area contributed by atoms with E-state index < -0.39 is 6.04 Å². The molecule has 2 atom stereocenters. The molecule has 0 radical (unpaired) electrons. The van der Waals surface area contributed by atoms with E-state index in [1.54, 1.807) is 31.3 Å². The van der Waals surface area contributed by atoms with Crippen molar-refractivity contribution in [1.29, 1.82) is 0 Å². The van der Waals surface area contributed by atoms with Crippen molar-refractivity contribution in [3.63, 3.8) is 0 Å². The predicted molar refractivity (Wildman–Crippen MR) is 75.9 cm³/mol. The first-order chi connectivity index (χ1) is 9.01. The number of nitrogens with one attached hydrogen (secondary N) is 2.